The summed E-state index contributed by atoms with van der Waals surface area (Å²) in [6.07, 6.45) is 0.657. The van der Waals surface area contributed by atoms with Gasteiger partial charge in [0.15, 0.2) is 0 Å². The van der Waals surface area contributed by atoms with Gasteiger partial charge in [0.25, 0.3) is 0 Å². The number of carbonyl (C=O) groups is 2. The van der Waals surface area contributed by atoms with E-state index in [2.05, 4.69) is 5.32 Å². The normalized spacial score (nSPS) is 11.9. The molecule has 1 aromatic carbocycles. The average Bonchev–Trinajstić information content (AvgIpc) is 2.33. The Bertz CT molecular complexity index is 512. The fourth-order valence-corrected chi connectivity index (χ4v) is 3.59. The van der Waals surface area contributed by atoms with Crippen molar-refractivity contribution in [3.63, 3.8) is 0 Å². The van der Waals surface area contributed by atoms with Gasteiger partial charge in [-0.25, -0.2) is 4.79 Å². The van der Waals surface area contributed by atoms with Gasteiger partial charge in [-0.15, -0.1) is 0 Å². The van der Waals surface area contributed by atoms with Crippen molar-refractivity contribution in [1.82, 2.24) is 5.32 Å². The number of ether oxygens (including phenoxy) is 1. The molecule has 1 amide bonds. The molecule has 0 spiro atoms. The highest BCUT2D eigenvalue weighted by molar-refractivity contribution is 8.14. The highest BCUT2D eigenvalue weighted by Crippen LogP contribution is 2.34. The molecule has 4 nitrogen and oxygen atoms in total. The predicted octanol–water partition coefficient (Wildman–Crippen LogP) is 4.14. The average molecular weight is 323 g/mol. The standard InChI is InChI=1S/C17H25NO3S/c1-13(19)18-16(2,3)12-17(4,5)22-15(20)21-11-14-9-7-6-8-10-14/h6-10H,11-12H2,1-5H3,(H,18,19). The van der Waals surface area contributed by atoms with E-state index >= 15 is 0 Å². The fraction of sp³-hybridized carbons (Fsp3) is 0.529. The van der Waals surface area contributed by atoms with Gasteiger partial charge in [-0.3, -0.25) is 4.79 Å². The zero-order valence-corrected chi connectivity index (χ0v) is 14.8. The molecule has 1 rings (SSSR count). The summed E-state index contributed by atoms with van der Waals surface area (Å²) in [5, 5.41) is 2.60. The lowest BCUT2D eigenvalue weighted by atomic mass is 9.92. The van der Waals surface area contributed by atoms with Crippen LogP contribution in [-0.2, 0) is 16.1 Å². The number of thioether (sulfide) groups is 1. The number of benzene rings is 1. The molecule has 0 atom stereocenters. The first kappa shape index (κ1) is 18.6. The SMILES string of the molecule is CC(=O)NC(C)(C)CC(C)(C)SC(=O)OCc1ccccc1. The molecule has 5 heteroatoms. The van der Waals surface area contributed by atoms with Crippen LogP contribution in [0.15, 0.2) is 30.3 Å². The molecular weight excluding hydrogens is 298 g/mol. The Labute approximate surface area is 137 Å². The predicted molar refractivity (Wildman–Crippen MR) is 90.8 cm³/mol. The number of nitrogens with one attached hydrogen (secondary N) is 1. The van der Waals surface area contributed by atoms with Crippen LogP contribution in [-0.4, -0.2) is 21.5 Å². The first-order valence-electron chi connectivity index (χ1n) is 7.28. The minimum Gasteiger partial charge on any atom is -0.453 e. The van der Waals surface area contributed by atoms with Crippen molar-refractivity contribution >= 4 is 23.0 Å². The van der Waals surface area contributed by atoms with Gasteiger partial charge in [-0.05, 0) is 37.6 Å². The first-order valence-corrected chi connectivity index (χ1v) is 8.10. The largest absolute Gasteiger partial charge is 0.453 e. The van der Waals surface area contributed by atoms with Crippen LogP contribution in [0.4, 0.5) is 4.79 Å². The van der Waals surface area contributed by atoms with Crippen molar-refractivity contribution in [2.24, 2.45) is 0 Å². The Kier molecular flexibility index (Phi) is 6.48. The summed E-state index contributed by atoms with van der Waals surface area (Å²) in [5.74, 6) is -0.0718. The molecular formula is C17H25NO3S. The molecule has 0 radical (unpaired) electrons. The number of carbonyl (C=O) groups excluding carboxylic acids is 2. The zero-order chi connectivity index (χ0) is 16.8. The van der Waals surface area contributed by atoms with Crippen molar-refractivity contribution in [3.05, 3.63) is 35.9 Å². The van der Waals surface area contributed by atoms with Crippen LogP contribution >= 0.6 is 11.8 Å². The lowest BCUT2D eigenvalue weighted by molar-refractivity contribution is -0.120. The minimum absolute atomic E-state index is 0.0718. The summed E-state index contributed by atoms with van der Waals surface area (Å²) in [4.78, 5) is 23.2. The van der Waals surface area contributed by atoms with Crippen LogP contribution in [0.3, 0.4) is 0 Å². The number of hydrogen-bond acceptors (Lipinski definition) is 4. The van der Waals surface area contributed by atoms with Crippen molar-refractivity contribution in [1.29, 1.82) is 0 Å². The molecule has 0 aliphatic carbocycles. The molecule has 22 heavy (non-hydrogen) atoms. The van der Waals surface area contributed by atoms with Crippen molar-refractivity contribution in [2.45, 2.75) is 57.9 Å². The van der Waals surface area contributed by atoms with Crippen LogP contribution in [0.25, 0.3) is 0 Å². The van der Waals surface area contributed by atoms with E-state index < -0.39 is 0 Å². The summed E-state index contributed by atoms with van der Waals surface area (Å²) in [7, 11) is 0. The molecule has 0 bridgehead atoms. The Balaban J connectivity index is 2.49. The molecule has 0 heterocycles. The van der Waals surface area contributed by atoms with E-state index in [1.807, 2.05) is 58.0 Å². The summed E-state index contributed by atoms with van der Waals surface area (Å²) < 4.78 is 4.96. The highest BCUT2D eigenvalue weighted by atomic mass is 32.2. The summed E-state index contributed by atoms with van der Waals surface area (Å²) >= 11 is 1.16. The molecule has 1 aromatic rings. The van der Waals surface area contributed by atoms with Gasteiger partial charge < -0.3 is 10.1 Å². The third kappa shape index (κ3) is 7.50. The van der Waals surface area contributed by atoms with E-state index in [0.717, 1.165) is 17.3 Å². The fourth-order valence-electron chi connectivity index (χ4n) is 2.59. The number of hydrogen-bond donors (Lipinski definition) is 1. The Morgan fingerprint density at radius 1 is 1.14 bits per heavy atom. The van der Waals surface area contributed by atoms with Crippen molar-refractivity contribution in [3.8, 4) is 0 Å². The Morgan fingerprint density at radius 3 is 2.27 bits per heavy atom. The van der Waals surface area contributed by atoms with E-state index in [4.69, 9.17) is 4.74 Å². The number of amides is 1. The molecule has 0 aliphatic heterocycles. The molecule has 0 unspecified atom stereocenters. The quantitative estimate of drug-likeness (QED) is 0.799. The second kappa shape index (κ2) is 7.68. The van der Waals surface area contributed by atoms with Crippen LogP contribution in [0.1, 0.15) is 46.6 Å². The van der Waals surface area contributed by atoms with Crippen LogP contribution < -0.4 is 5.32 Å². The summed E-state index contributed by atoms with van der Waals surface area (Å²) in [5.41, 5.74) is 0.593. The van der Waals surface area contributed by atoms with Gasteiger partial charge >= 0.3 is 5.30 Å². The first-order chi connectivity index (χ1) is 10.1. The maximum atomic E-state index is 12.0. The minimum atomic E-state index is -0.373. The molecule has 0 fully saturated rings. The van der Waals surface area contributed by atoms with E-state index in [0.29, 0.717) is 6.42 Å². The van der Waals surface area contributed by atoms with E-state index in [-0.39, 0.29) is 28.1 Å². The summed E-state index contributed by atoms with van der Waals surface area (Å²) in [6, 6.07) is 9.59. The molecule has 0 aromatic heterocycles. The van der Waals surface area contributed by atoms with Crippen molar-refractivity contribution in [2.75, 3.05) is 0 Å². The lowest BCUT2D eigenvalue weighted by Crippen LogP contribution is -2.46. The molecule has 0 saturated carbocycles. The molecule has 0 aliphatic rings. The molecule has 0 saturated heterocycles. The smallest absolute Gasteiger partial charge is 0.368 e. The highest BCUT2D eigenvalue weighted by Gasteiger charge is 2.32. The van der Waals surface area contributed by atoms with E-state index in [9.17, 15) is 9.59 Å². The van der Waals surface area contributed by atoms with Gasteiger partial charge in [0.2, 0.25) is 5.91 Å². The lowest BCUT2D eigenvalue weighted by Gasteiger charge is -2.34. The van der Waals surface area contributed by atoms with Crippen LogP contribution in [0.2, 0.25) is 0 Å². The monoisotopic (exact) mass is 323 g/mol. The topological polar surface area (TPSA) is 55.4 Å². The third-order valence-electron chi connectivity index (χ3n) is 2.94. The van der Waals surface area contributed by atoms with Gasteiger partial charge in [0, 0.05) is 17.2 Å². The van der Waals surface area contributed by atoms with Gasteiger partial charge in [0.05, 0.1) is 0 Å². The second-order valence-corrected chi connectivity index (χ2v) is 8.27. The number of rotatable bonds is 6. The van der Waals surface area contributed by atoms with Crippen LogP contribution in [0, 0.1) is 0 Å². The van der Waals surface area contributed by atoms with Crippen molar-refractivity contribution < 1.29 is 14.3 Å². The Hall–Kier alpha value is -1.49. The molecule has 122 valence electrons. The van der Waals surface area contributed by atoms with E-state index in [1.165, 1.54) is 6.92 Å². The van der Waals surface area contributed by atoms with Gasteiger partial charge in [-0.1, -0.05) is 44.2 Å². The zero-order valence-electron chi connectivity index (χ0n) is 13.9. The van der Waals surface area contributed by atoms with Gasteiger partial charge in [0.1, 0.15) is 6.61 Å². The maximum Gasteiger partial charge on any atom is 0.368 e. The molecule has 1 N–H and O–H groups in total. The Morgan fingerprint density at radius 2 is 1.73 bits per heavy atom. The van der Waals surface area contributed by atoms with E-state index in [1.54, 1.807) is 0 Å². The third-order valence-corrected chi connectivity index (χ3v) is 3.92. The maximum absolute atomic E-state index is 12.0. The summed E-state index contributed by atoms with van der Waals surface area (Å²) in [6.45, 7) is 9.63. The van der Waals surface area contributed by atoms with Gasteiger partial charge in [-0.2, -0.15) is 0 Å². The van der Waals surface area contributed by atoms with Crippen LogP contribution in [0.5, 0.6) is 0 Å². The second-order valence-electron chi connectivity index (χ2n) is 6.63.